The van der Waals surface area contributed by atoms with Crippen LogP contribution >= 0.6 is 11.3 Å². The summed E-state index contributed by atoms with van der Waals surface area (Å²) in [7, 11) is 0. The molecule has 0 bridgehead atoms. The summed E-state index contributed by atoms with van der Waals surface area (Å²) in [5, 5.41) is 6.88. The van der Waals surface area contributed by atoms with Crippen molar-refractivity contribution in [2.24, 2.45) is 5.73 Å². The van der Waals surface area contributed by atoms with E-state index in [1.165, 1.54) is 11.3 Å². The highest BCUT2D eigenvalue weighted by Crippen LogP contribution is 2.13. The molecule has 0 saturated carbocycles. The van der Waals surface area contributed by atoms with Gasteiger partial charge in [0, 0.05) is 24.2 Å². The van der Waals surface area contributed by atoms with Gasteiger partial charge >= 0.3 is 0 Å². The molecule has 18 heavy (non-hydrogen) atoms. The van der Waals surface area contributed by atoms with E-state index in [1.807, 2.05) is 24.6 Å². The maximum absolute atomic E-state index is 12.1. The quantitative estimate of drug-likeness (QED) is 0.832. The molecule has 2 heterocycles. The number of nitrogens with zero attached hydrogens (tertiary/aromatic N) is 3. The molecule has 96 valence electrons. The maximum Gasteiger partial charge on any atom is 0.187 e. The van der Waals surface area contributed by atoms with Crippen LogP contribution in [-0.4, -0.2) is 20.5 Å². The lowest BCUT2D eigenvalue weighted by atomic mass is 10.2. The van der Waals surface area contributed by atoms with E-state index in [2.05, 4.69) is 10.1 Å². The average Bonchev–Trinajstić information content (AvgIpc) is 2.95. The molecule has 0 unspecified atom stereocenters. The summed E-state index contributed by atoms with van der Waals surface area (Å²) in [5.74, 6) is 0.0144. The number of carbonyl (C=O) groups is 1. The summed E-state index contributed by atoms with van der Waals surface area (Å²) >= 11 is 1.42. The molecule has 6 heteroatoms. The van der Waals surface area contributed by atoms with Crippen LogP contribution in [0.5, 0.6) is 0 Å². The minimum atomic E-state index is 0.0144. The highest BCUT2D eigenvalue weighted by molar-refractivity contribution is 7.09. The van der Waals surface area contributed by atoms with E-state index in [-0.39, 0.29) is 5.78 Å². The number of carbonyl (C=O) groups excluding carboxylic acids is 1. The van der Waals surface area contributed by atoms with Crippen molar-refractivity contribution < 1.29 is 4.79 Å². The van der Waals surface area contributed by atoms with Gasteiger partial charge in [0.25, 0.3) is 0 Å². The van der Waals surface area contributed by atoms with Gasteiger partial charge in [-0.2, -0.15) is 5.10 Å². The number of hydrogen-bond acceptors (Lipinski definition) is 5. The lowest BCUT2D eigenvalue weighted by Gasteiger charge is -2.02. The Balaban J connectivity index is 2.15. The fourth-order valence-corrected chi connectivity index (χ4v) is 2.48. The Kier molecular flexibility index (Phi) is 3.88. The molecule has 0 fully saturated rings. The van der Waals surface area contributed by atoms with Crippen molar-refractivity contribution in [1.29, 1.82) is 0 Å². The SMILES string of the molecule is CCn1nc(C)cc1CC(=O)c1csc(CN)n1. The fourth-order valence-electron chi connectivity index (χ4n) is 1.80. The van der Waals surface area contributed by atoms with E-state index in [1.54, 1.807) is 5.38 Å². The van der Waals surface area contributed by atoms with E-state index in [0.29, 0.717) is 18.7 Å². The minimum absolute atomic E-state index is 0.0144. The number of Topliss-reactive ketones (excluding diaryl/α,β-unsaturated/α-hetero) is 1. The van der Waals surface area contributed by atoms with Crippen LogP contribution in [-0.2, 0) is 19.5 Å². The second-order valence-electron chi connectivity index (χ2n) is 4.02. The highest BCUT2D eigenvalue weighted by atomic mass is 32.1. The van der Waals surface area contributed by atoms with E-state index >= 15 is 0 Å². The predicted octanol–water partition coefficient (Wildman–Crippen LogP) is 1.55. The number of aryl methyl sites for hydroxylation is 2. The Morgan fingerprint density at radius 2 is 2.33 bits per heavy atom. The van der Waals surface area contributed by atoms with Crippen molar-refractivity contribution in [3.8, 4) is 0 Å². The summed E-state index contributed by atoms with van der Waals surface area (Å²) in [5.41, 5.74) is 7.85. The largest absolute Gasteiger partial charge is 0.325 e. The second kappa shape index (κ2) is 5.41. The van der Waals surface area contributed by atoms with E-state index in [4.69, 9.17) is 5.73 Å². The van der Waals surface area contributed by atoms with Crippen molar-refractivity contribution in [1.82, 2.24) is 14.8 Å². The molecule has 0 radical (unpaired) electrons. The van der Waals surface area contributed by atoms with Crippen LogP contribution in [0.3, 0.4) is 0 Å². The van der Waals surface area contributed by atoms with E-state index in [9.17, 15) is 4.79 Å². The van der Waals surface area contributed by atoms with Crippen LogP contribution in [0.4, 0.5) is 0 Å². The molecule has 0 aliphatic rings. The summed E-state index contributed by atoms with van der Waals surface area (Å²) in [6, 6.07) is 1.94. The van der Waals surface area contributed by atoms with Gasteiger partial charge in [0.2, 0.25) is 0 Å². The Bertz CT molecular complexity index is 558. The minimum Gasteiger partial charge on any atom is -0.325 e. The number of ketones is 1. The van der Waals surface area contributed by atoms with Crippen molar-refractivity contribution in [2.75, 3.05) is 0 Å². The number of nitrogens with two attached hydrogens (primary N) is 1. The van der Waals surface area contributed by atoms with Gasteiger partial charge in [-0.05, 0) is 19.9 Å². The van der Waals surface area contributed by atoms with Crippen molar-refractivity contribution >= 4 is 17.1 Å². The van der Waals surface area contributed by atoms with Gasteiger partial charge in [-0.25, -0.2) is 4.98 Å². The van der Waals surface area contributed by atoms with E-state index < -0.39 is 0 Å². The van der Waals surface area contributed by atoms with Gasteiger partial charge < -0.3 is 5.73 Å². The summed E-state index contributed by atoms with van der Waals surface area (Å²) in [6.45, 7) is 5.08. The Labute approximate surface area is 110 Å². The van der Waals surface area contributed by atoms with E-state index in [0.717, 1.165) is 22.9 Å². The third kappa shape index (κ3) is 2.65. The zero-order chi connectivity index (χ0) is 13.1. The zero-order valence-corrected chi connectivity index (χ0v) is 11.3. The summed E-state index contributed by atoms with van der Waals surface area (Å²) < 4.78 is 1.85. The standard InChI is InChI=1S/C12H16N4OS/c1-3-16-9(4-8(2)15-16)5-11(17)10-7-18-12(6-13)14-10/h4,7H,3,5-6,13H2,1-2H3. The Hall–Kier alpha value is -1.53. The van der Waals surface area contributed by atoms with Gasteiger partial charge in [-0.15, -0.1) is 11.3 Å². The molecule has 0 atom stereocenters. The smallest absolute Gasteiger partial charge is 0.187 e. The van der Waals surface area contributed by atoms with Gasteiger partial charge in [0.15, 0.2) is 5.78 Å². The number of hydrogen-bond donors (Lipinski definition) is 1. The molecular weight excluding hydrogens is 248 g/mol. The molecule has 0 saturated heterocycles. The average molecular weight is 264 g/mol. The van der Waals surface area contributed by atoms with Gasteiger partial charge in [-0.1, -0.05) is 0 Å². The lowest BCUT2D eigenvalue weighted by molar-refractivity contribution is 0.0986. The normalized spacial score (nSPS) is 10.8. The summed E-state index contributed by atoms with van der Waals surface area (Å²) in [6.07, 6.45) is 0.336. The van der Waals surface area contributed by atoms with Gasteiger partial charge in [0.05, 0.1) is 12.1 Å². The molecule has 0 spiro atoms. The first kappa shape index (κ1) is 12.9. The third-order valence-electron chi connectivity index (χ3n) is 2.64. The summed E-state index contributed by atoms with van der Waals surface area (Å²) in [4.78, 5) is 16.3. The van der Waals surface area contributed by atoms with Crippen LogP contribution < -0.4 is 5.73 Å². The maximum atomic E-state index is 12.1. The lowest BCUT2D eigenvalue weighted by Crippen LogP contribution is -2.10. The second-order valence-corrected chi connectivity index (χ2v) is 4.97. The van der Waals surface area contributed by atoms with Crippen LogP contribution in [0.25, 0.3) is 0 Å². The molecule has 0 aliphatic heterocycles. The molecule has 0 amide bonds. The molecular formula is C12H16N4OS. The van der Waals surface area contributed by atoms with Gasteiger partial charge in [-0.3, -0.25) is 9.48 Å². The molecule has 5 nitrogen and oxygen atoms in total. The predicted molar refractivity (Wildman–Crippen MR) is 70.7 cm³/mol. The number of thiazole rings is 1. The first-order valence-electron chi connectivity index (χ1n) is 5.85. The van der Waals surface area contributed by atoms with Crippen molar-refractivity contribution in [3.05, 3.63) is 33.5 Å². The van der Waals surface area contributed by atoms with Crippen molar-refractivity contribution in [3.63, 3.8) is 0 Å². The third-order valence-corrected chi connectivity index (χ3v) is 3.51. The number of rotatable bonds is 5. The Morgan fingerprint density at radius 3 is 2.94 bits per heavy atom. The Morgan fingerprint density at radius 1 is 1.56 bits per heavy atom. The fraction of sp³-hybridized carbons (Fsp3) is 0.417. The monoisotopic (exact) mass is 264 g/mol. The molecule has 0 aromatic carbocycles. The molecule has 2 N–H and O–H groups in total. The molecule has 2 aromatic rings. The first-order valence-corrected chi connectivity index (χ1v) is 6.73. The van der Waals surface area contributed by atoms with Crippen molar-refractivity contribution in [2.45, 2.75) is 33.4 Å². The van der Waals surface area contributed by atoms with Crippen LogP contribution in [0.1, 0.15) is 33.8 Å². The molecule has 2 rings (SSSR count). The van der Waals surface area contributed by atoms with Gasteiger partial charge in [0.1, 0.15) is 10.7 Å². The zero-order valence-electron chi connectivity index (χ0n) is 10.5. The van der Waals surface area contributed by atoms with Crippen LogP contribution in [0.2, 0.25) is 0 Å². The first-order chi connectivity index (χ1) is 8.63. The molecule has 2 aromatic heterocycles. The van der Waals surface area contributed by atoms with Crippen LogP contribution in [0, 0.1) is 6.92 Å². The highest BCUT2D eigenvalue weighted by Gasteiger charge is 2.14. The topological polar surface area (TPSA) is 73.8 Å². The molecule has 0 aliphatic carbocycles. The number of aromatic nitrogens is 3. The van der Waals surface area contributed by atoms with Crippen LogP contribution in [0.15, 0.2) is 11.4 Å².